The van der Waals surface area contributed by atoms with Crippen LogP contribution in [0, 0.1) is 0 Å². The molecule has 0 spiro atoms. The fourth-order valence-corrected chi connectivity index (χ4v) is 10.3. The zero-order valence-corrected chi connectivity index (χ0v) is 30.3. The Labute approximate surface area is 311 Å². The predicted octanol–water partition coefficient (Wildman–Crippen LogP) is 14.6. The summed E-state index contributed by atoms with van der Waals surface area (Å²) in [6.45, 7) is 0. The predicted molar refractivity (Wildman–Crippen MR) is 226 cm³/mol. The lowest BCUT2D eigenvalue weighted by Gasteiger charge is -2.22. The zero-order chi connectivity index (χ0) is 34.9. The van der Waals surface area contributed by atoms with E-state index in [0.29, 0.717) is 11.8 Å². The van der Waals surface area contributed by atoms with Crippen molar-refractivity contribution in [2.75, 3.05) is 0 Å². The van der Waals surface area contributed by atoms with Crippen LogP contribution in [0.15, 0.2) is 133 Å². The minimum absolute atomic E-state index is 0.685. The highest BCUT2D eigenvalue weighted by Crippen LogP contribution is 2.44. The van der Waals surface area contributed by atoms with Gasteiger partial charge in [-0.25, -0.2) is 4.98 Å². The third kappa shape index (κ3) is 5.02. The van der Waals surface area contributed by atoms with Gasteiger partial charge < -0.3 is 4.57 Å². The van der Waals surface area contributed by atoms with Crippen molar-refractivity contribution < 1.29 is 0 Å². The second-order valence-electron chi connectivity index (χ2n) is 15.9. The normalized spacial score (nSPS) is 16.2. The summed E-state index contributed by atoms with van der Waals surface area (Å²) in [7, 11) is 0. The van der Waals surface area contributed by atoms with Gasteiger partial charge in [0.1, 0.15) is 0 Å². The molecule has 0 unspecified atom stereocenters. The van der Waals surface area contributed by atoms with Gasteiger partial charge in [-0.05, 0) is 113 Å². The maximum Gasteiger partial charge on any atom is 0.0794 e. The quantitative estimate of drug-likeness (QED) is 0.169. The van der Waals surface area contributed by atoms with E-state index in [2.05, 4.69) is 138 Å². The number of fused-ring (bicyclic) bond motifs is 11. The lowest BCUT2D eigenvalue weighted by Crippen LogP contribution is -2.04. The van der Waals surface area contributed by atoms with Crippen molar-refractivity contribution in [3.8, 4) is 16.9 Å². The minimum Gasteiger partial charge on any atom is -0.309 e. The van der Waals surface area contributed by atoms with Crippen LogP contribution in [0.25, 0.3) is 82.0 Å². The van der Waals surface area contributed by atoms with Crippen molar-refractivity contribution in [2.24, 2.45) is 0 Å². The third-order valence-corrected chi connectivity index (χ3v) is 12.9. The van der Waals surface area contributed by atoms with Gasteiger partial charge in [0, 0.05) is 38.2 Å². The molecule has 0 aliphatic heterocycles. The summed E-state index contributed by atoms with van der Waals surface area (Å²) in [6, 6.07) is 50.5. The van der Waals surface area contributed by atoms with E-state index in [1.807, 2.05) is 0 Å². The van der Waals surface area contributed by atoms with Gasteiger partial charge in [0.25, 0.3) is 0 Å². The molecule has 0 N–H and O–H groups in total. The van der Waals surface area contributed by atoms with Crippen molar-refractivity contribution in [1.82, 2.24) is 9.55 Å². The van der Waals surface area contributed by atoms with Crippen LogP contribution in [0.5, 0.6) is 0 Å². The molecule has 2 saturated carbocycles. The summed E-state index contributed by atoms with van der Waals surface area (Å²) in [5.74, 6) is 1.37. The number of benzene rings is 7. The molecule has 7 aromatic carbocycles. The largest absolute Gasteiger partial charge is 0.309 e. The van der Waals surface area contributed by atoms with Crippen LogP contribution in [-0.4, -0.2) is 9.55 Å². The van der Waals surface area contributed by atoms with Gasteiger partial charge in [-0.3, -0.25) is 0 Å². The minimum atomic E-state index is 0.685. The topological polar surface area (TPSA) is 17.8 Å². The molecule has 2 heteroatoms. The number of pyridine rings is 1. The molecule has 2 fully saturated rings. The number of rotatable bonds is 4. The van der Waals surface area contributed by atoms with Crippen molar-refractivity contribution >= 4 is 65.0 Å². The van der Waals surface area contributed by atoms with Gasteiger partial charge in [0.15, 0.2) is 0 Å². The highest BCUT2D eigenvalue weighted by molar-refractivity contribution is 6.33. The Balaban J connectivity index is 1.11. The molecule has 258 valence electrons. The molecule has 2 nitrogen and oxygen atoms in total. The van der Waals surface area contributed by atoms with Crippen LogP contribution in [0.3, 0.4) is 0 Å². The molecule has 9 aromatic rings. The molecule has 0 atom stereocenters. The molecule has 0 amide bonds. The first kappa shape index (κ1) is 31.1. The highest BCUT2D eigenvalue weighted by atomic mass is 15.0. The van der Waals surface area contributed by atoms with Crippen molar-refractivity contribution in [2.45, 2.75) is 76.0 Å². The van der Waals surface area contributed by atoms with E-state index in [1.165, 1.54) is 141 Å². The molecule has 11 rings (SSSR count). The smallest absolute Gasteiger partial charge is 0.0794 e. The third-order valence-electron chi connectivity index (χ3n) is 12.9. The SMILES string of the molecule is c1ccc2c(c1)nc(-c1ccc(-n3c4ccc(C5CCCCC5)cc4c4cc(C5CCCCC5)ccc43)cc1)c1c3ccccc3c3ccccc3c21. The first-order chi connectivity index (χ1) is 26.3. The van der Waals surface area contributed by atoms with E-state index in [4.69, 9.17) is 4.98 Å². The number of nitrogens with zero attached hydrogens (tertiary/aromatic N) is 2. The van der Waals surface area contributed by atoms with Crippen LogP contribution in [0.4, 0.5) is 0 Å². The summed E-state index contributed by atoms with van der Waals surface area (Å²) in [4.78, 5) is 5.42. The molecular weight excluding hydrogens is 641 g/mol. The van der Waals surface area contributed by atoms with Crippen LogP contribution in [0.2, 0.25) is 0 Å². The van der Waals surface area contributed by atoms with Gasteiger partial charge in [0.2, 0.25) is 0 Å². The Bertz CT molecular complexity index is 2770. The fraction of sp³-hybridized carbons (Fsp3) is 0.235. The Morgan fingerprint density at radius 3 is 1.47 bits per heavy atom. The summed E-state index contributed by atoms with van der Waals surface area (Å²) in [5, 5.41) is 11.6. The summed E-state index contributed by atoms with van der Waals surface area (Å²) >= 11 is 0. The molecule has 2 aliphatic rings. The molecule has 2 aliphatic carbocycles. The Morgan fingerprint density at radius 1 is 0.415 bits per heavy atom. The first-order valence-electron chi connectivity index (χ1n) is 20.1. The molecule has 2 aromatic heterocycles. The van der Waals surface area contributed by atoms with Crippen LogP contribution in [-0.2, 0) is 0 Å². The Hall–Kier alpha value is -5.47. The zero-order valence-electron chi connectivity index (χ0n) is 30.3. The van der Waals surface area contributed by atoms with Crippen molar-refractivity contribution in [3.05, 3.63) is 145 Å². The lowest BCUT2D eigenvalue weighted by molar-refractivity contribution is 0.444. The average Bonchev–Trinajstić information content (AvgIpc) is 3.57. The second-order valence-corrected chi connectivity index (χ2v) is 15.9. The van der Waals surface area contributed by atoms with E-state index >= 15 is 0 Å². The van der Waals surface area contributed by atoms with Gasteiger partial charge in [-0.1, -0.05) is 130 Å². The summed E-state index contributed by atoms with van der Waals surface area (Å²) in [5.41, 5.74) is 10.1. The first-order valence-corrected chi connectivity index (χ1v) is 20.1. The van der Waals surface area contributed by atoms with Crippen LogP contribution < -0.4 is 0 Å². The van der Waals surface area contributed by atoms with Gasteiger partial charge in [0.05, 0.1) is 22.2 Å². The fourth-order valence-electron chi connectivity index (χ4n) is 10.3. The van der Waals surface area contributed by atoms with E-state index in [-0.39, 0.29) is 0 Å². The van der Waals surface area contributed by atoms with E-state index < -0.39 is 0 Å². The maximum absolute atomic E-state index is 5.42. The van der Waals surface area contributed by atoms with Crippen molar-refractivity contribution in [3.63, 3.8) is 0 Å². The average molecular weight is 685 g/mol. The summed E-state index contributed by atoms with van der Waals surface area (Å²) < 4.78 is 2.51. The molecule has 0 radical (unpaired) electrons. The Kier molecular flexibility index (Phi) is 7.39. The van der Waals surface area contributed by atoms with Gasteiger partial charge in [-0.15, -0.1) is 0 Å². The standard InChI is InChI=1S/C51H44N2/c1-3-13-33(14-4-1)36-25-29-47-44(31-36)45-32-37(34-15-5-2-6-16-34)26-30-48(45)53(47)38-27-23-35(24-28-38)51-50-42-20-10-8-18-40(42)39-17-7-9-19-41(39)49(50)43-21-11-12-22-46(43)52-51/h7-12,17-34H,1-6,13-16H2. The maximum atomic E-state index is 5.42. The number of hydrogen-bond acceptors (Lipinski definition) is 1. The second kappa shape index (κ2) is 12.6. The Morgan fingerprint density at radius 2 is 0.906 bits per heavy atom. The number of para-hydroxylation sites is 1. The van der Waals surface area contributed by atoms with Crippen LogP contribution >= 0.6 is 0 Å². The molecule has 0 saturated heterocycles. The van der Waals surface area contributed by atoms with Gasteiger partial charge >= 0.3 is 0 Å². The monoisotopic (exact) mass is 684 g/mol. The lowest BCUT2D eigenvalue weighted by atomic mass is 9.83. The van der Waals surface area contributed by atoms with E-state index in [1.54, 1.807) is 0 Å². The summed E-state index contributed by atoms with van der Waals surface area (Å²) in [6.07, 6.45) is 13.5. The molecule has 2 heterocycles. The van der Waals surface area contributed by atoms with Crippen molar-refractivity contribution in [1.29, 1.82) is 0 Å². The number of aromatic nitrogens is 2. The molecule has 0 bridgehead atoms. The molecular formula is C51H44N2. The van der Waals surface area contributed by atoms with E-state index in [9.17, 15) is 0 Å². The molecule has 53 heavy (non-hydrogen) atoms. The van der Waals surface area contributed by atoms with Gasteiger partial charge in [-0.2, -0.15) is 0 Å². The highest BCUT2D eigenvalue weighted by Gasteiger charge is 2.22. The number of hydrogen-bond donors (Lipinski definition) is 0. The van der Waals surface area contributed by atoms with E-state index in [0.717, 1.165) is 16.8 Å². The van der Waals surface area contributed by atoms with Crippen LogP contribution in [0.1, 0.15) is 87.2 Å².